The number of aromatic nitrogens is 1. The van der Waals surface area contributed by atoms with Crippen LogP contribution in [0.1, 0.15) is 12.0 Å². The van der Waals surface area contributed by atoms with Gasteiger partial charge in [0.05, 0.1) is 0 Å². The molecule has 0 aliphatic rings. The number of carbonyl (C=O) groups is 1. The molecule has 1 amide bonds. The first-order chi connectivity index (χ1) is 10.2. The number of H-pyrrole nitrogens is 1. The third kappa shape index (κ3) is 3.05. The Labute approximate surface area is 122 Å². The van der Waals surface area contributed by atoms with E-state index in [9.17, 15) is 9.90 Å². The number of para-hydroxylation sites is 1. The number of aromatic amines is 1. The van der Waals surface area contributed by atoms with E-state index in [2.05, 4.69) is 16.4 Å². The predicted molar refractivity (Wildman–Crippen MR) is 83.4 cm³/mol. The van der Waals surface area contributed by atoms with Crippen molar-refractivity contribution in [3.8, 4) is 5.75 Å². The zero-order valence-electron chi connectivity index (χ0n) is 11.5. The summed E-state index contributed by atoms with van der Waals surface area (Å²) in [5.41, 5.74) is 2.93. The molecular weight excluding hydrogens is 264 g/mol. The fraction of sp³-hybridized carbons (Fsp3) is 0.118. The number of rotatable bonds is 4. The summed E-state index contributed by atoms with van der Waals surface area (Å²) < 4.78 is 0. The molecule has 0 atom stereocenters. The van der Waals surface area contributed by atoms with Crippen LogP contribution in [0.2, 0.25) is 0 Å². The van der Waals surface area contributed by atoms with Gasteiger partial charge < -0.3 is 15.4 Å². The first-order valence-corrected chi connectivity index (χ1v) is 6.86. The van der Waals surface area contributed by atoms with Crippen molar-refractivity contribution in [1.29, 1.82) is 0 Å². The average Bonchev–Trinajstić information content (AvgIpc) is 2.91. The number of nitrogens with one attached hydrogen (secondary N) is 2. The van der Waals surface area contributed by atoms with Crippen LogP contribution in [0, 0.1) is 0 Å². The third-order valence-corrected chi connectivity index (χ3v) is 3.45. The highest BCUT2D eigenvalue weighted by molar-refractivity contribution is 5.91. The van der Waals surface area contributed by atoms with E-state index in [4.69, 9.17) is 0 Å². The fourth-order valence-electron chi connectivity index (χ4n) is 2.35. The molecule has 0 bridgehead atoms. The summed E-state index contributed by atoms with van der Waals surface area (Å²) in [5.74, 6) is 0.151. The Kier molecular flexibility index (Phi) is 3.60. The lowest BCUT2D eigenvalue weighted by Crippen LogP contribution is -2.12. The molecule has 3 rings (SSSR count). The van der Waals surface area contributed by atoms with Gasteiger partial charge in [0, 0.05) is 29.2 Å². The number of phenols is 1. The molecule has 1 heterocycles. The normalized spacial score (nSPS) is 10.7. The average molecular weight is 280 g/mol. The van der Waals surface area contributed by atoms with Gasteiger partial charge >= 0.3 is 0 Å². The molecule has 0 spiro atoms. The topological polar surface area (TPSA) is 65.1 Å². The molecule has 3 N–H and O–H groups in total. The summed E-state index contributed by atoms with van der Waals surface area (Å²) in [6.45, 7) is 0. The van der Waals surface area contributed by atoms with Crippen molar-refractivity contribution in [2.45, 2.75) is 12.8 Å². The molecule has 1 aromatic heterocycles. The van der Waals surface area contributed by atoms with Crippen molar-refractivity contribution in [2.75, 3.05) is 5.32 Å². The van der Waals surface area contributed by atoms with Gasteiger partial charge in [0.15, 0.2) is 0 Å². The molecule has 0 aliphatic carbocycles. The smallest absolute Gasteiger partial charge is 0.224 e. The van der Waals surface area contributed by atoms with Crippen molar-refractivity contribution in [1.82, 2.24) is 4.98 Å². The van der Waals surface area contributed by atoms with Crippen LogP contribution in [-0.4, -0.2) is 16.0 Å². The summed E-state index contributed by atoms with van der Waals surface area (Å²) >= 11 is 0. The number of carbonyl (C=O) groups excluding carboxylic acids is 1. The molecule has 0 radical (unpaired) electrons. The van der Waals surface area contributed by atoms with Crippen LogP contribution in [0.4, 0.5) is 5.69 Å². The monoisotopic (exact) mass is 280 g/mol. The largest absolute Gasteiger partial charge is 0.508 e. The van der Waals surface area contributed by atoms with Crippen molar-refractivity contribution in [3.63, 3.8) is 0 Å². The van der Waals surface area contributed by atoms with E-state index in [-0.39, 0.29) is 11.7 Å². The number of benzene rings is 2. The number of hydrogen-bond donors (Lipinski definition) is 3. The summed E-state index contributed by atoms with van der Waals surface area (Å²) in [6.07, 6.45) is 3.06. The van der Waals surface area contributed by atoms with Gasteiger partial charge in [-0.25, -0.2) is 0 Å². The molecule has 0 saturated heterocycles. The van der Waals surface area contributed by atoms with E-state index < -0.39 is 0 Å². The maximum Gasteiger partial charge on any atom is 0.224 e. The zero-order valence-corrected chi connectivity index (χ0v) is 11.5. The van der Waals surface area contributed by atoms with Gasteiger partial charge in [-0.15, -0.1) is 0 Å². The number of anilines is 1. The molecule has 4 nitrogen and oxygen atoms in total. The minimum absolute atomic E-state index is 0.0361. The molecule has 21 heavy (non-hydrogen) atoms. The standard InChI is InChI=1S/C17H16N2O2/c20-14-8-6-13(7-9-14)19-17(21)10-5-12-11-18-16-4-2-1-3-15(12)16/h1-4,6-9,11,18,20H,5,10H2,(H,19,21). The Balaban J connectivity index is 1.62. The Morgan fingerprint density at radius 3 is 2.67 bits per heavy atom. The highest BCUT2D eigenvalue weighted by Crippen LogP contribution is 2.19. The summed E-state index contributed by atoms with van der Waals surface area (Å²) in [6, 6.07) is 14.5. The van der Waals surface area contributed by atoms with Gasteiger partial charge in [-0.2, -0.15) is 0 Å². The second-order valence-electron chi connectivity index (χ2n) is 4.95. The molecule has 0 fully saturated rings. The van der Waals surface area contributed by atoms with Crippen LogP contribution >= 0.6 is 0 Å². The first kappa shape index (κ1) is 13.2. The maximum absolute atomic E-state index is 11.9. The lowest BCUT2D eigenvalue weighted by Gasteiger charge is -2.05. The number of hydrogen-bond acceptors (Lipinski definition) is 2. The van der Waals surface area contributed by atoms with E-state index in [0.717, 1.165) is 16.5 Å². The summed E-state index contributed by atoms with van der Waals surface area (Å²) in [4.78, 5) is 15.2. The maximum atomic E-state index is 11.9. The molecule has 0 unspecified atom stereocenters. The molecule has 106 valence electrons. The van der Waals surface area contributed by atoms with Crippen LogP contribution in [-0.2, 0) is 11.2 Å². The lowest BCUT2D eigenvalue weighted by atomic mass is 10.1. The Bertz CT molecular complexity index is 760. The number of amides is 1. The molecule has 4 heteroatoms. The number of aryl methyl sites for hydroxylation is 1. The highest BCUT2D eigenvalue weighted by atomic mass is 16.3. The minimum Gasteiger partial charge on any atom is -0.508 e. The van der Waals surface area contributed by atoms with Crippen molar-refractivity contribution in [3.05, 3.63) is 60.3 Å². The Hall–Kier alpha value is -2.75. The van der Waals surface area contributed by atoms with Gasteiger partial charge in [0.1, 0.15) is 5.75 Å². The first-order valence-electron chi connectivity index (χ1n) is 6.86. The van der Waals surface area contributed by atoms with Crippen molar-refractivity contribution >= 4 is 22.5 Å². The van der Waals surface area contributed by atoms with E-state index >= 15 is 0 Å². The van der Waals surface area contributed by atoms with Crippen LogP contribution in [0.5, 0.6) is 5.75 Å². The second-order valence-corrected chi connectivity index (χ2v) is 4.95. The molecule has 2 aromatic carbocycles. The number of phenolic OH excluding ortho intramolecular Hbond substituents is 1. The van der Waals surface area contributed by atoms with Crippen LogP contribution in [0.15, 0.2) is 54.7 Å². The fourth-order valence-corrected chi connectivity index (χ4v) is 2.35. The van der Waals surface area contributed by atoms with Crippen LogP contribution in [0.25, 0.3) is 10.9 Å². The minimum atomic E-state index is -0.0361. The van der Waals surface area contributed by atoms with Gasteiger partial charge in [0.25, 0.3) is 0 Å². The van der Waals surface area contributed by atoms with Gasteiger partial charge in [-0.3, -0.25) is 4.79 Å². The van der Waals surface area contributed by atoms with E-state index in [1.54, 1.807) is 24.3 Å². The van der Waals surface area contributed by atoms with E-state index in [1.807, 2.05) is 24.4 Å². The highest BCUT2D eigenvalue weighted by Gasteiger charge is 2.07. The Morgan fingerprint density at radius 2 is 1.86 bits per heavy atom. The van der Waals surface area contributed by atoms with E-state index in [0.29, 0.717) is 18.5 Å². The third-order valence-electron chi connectivity index (χ3n) is 3.45. The lowest BCUT2D eigenvalue weighted by molar-refractivity contribution is -0.116. The summed E-state index contributed by atoms with van der Waals surface area (Å²) in [5, 5.41) is 13.2. The molecule has 0 aliphatic heterocycles. The van der Waals surface area contributed by atoms with Crippen molar-refractivity contribution < 1.29 is 9.90 Å². The Morgan fingerprint density at radius 1 is 1.10 bits per heavy atom. The van der Waals surface area contributed by atoms with E-state index in [1.165, 1.54) is 0 Å². The SMILES string of the molecule is O=C(CCc1c[nH]c2ccccc12)Nc1ccc(O)cc1. The van der Waals surface area contributed by atoms with Gasteiger partial charge in [0.2, 0.25) is 5.91 Å². The molecule has 0 saturated carbocycles. The number of aromatic hydroxyl groups is 1. The second kappa shape index (κ2) is 5.71. The quantitative estimate of drug-likeness (QED) is 0.641. The van der Waals surface area contributed by atoms with Gasteiger partial charge in [-0.1, -0.05) is 18.2 Å². The van der Waals surface area contributed by atoms with Gasteiger partial charge in [-0.05, 0) is 42.3 Å². The van der Waals surface area contributed by atoms with Crippen LogP contribution < -0.4 is 5.32 Å². The van der Waals surface area contributed by atoms with Crippen molar-refractivity contribution in [2.24, 2.45) is 0 Å². The number of fused-ring (bicyclic) bond motifs is 1. The molecular formula is C17H16N2O2. The predicted octanol–water partition coefficient (Wildman–Crippen LogP) is 3.44. The zero-order chi connectivity index (χ0) is 14.7. The van der Waals surface area contributed by atoms with Crippen LogP contribution in [0.3, 0.4) is 0 Å². The summed E-state index contributed by atoms with van der Waals surface area (Å²) in [7, 11) is 0. The molecule has 3 aromatic rings.